The summed E-state index contributed by atoms with van der Waals surface area (Å²) in [5, 5.41) is 6.24. The number of piperidine rings is 1. The molecule has 1 aliphatic heterocycles. The van der Waals surface area contributed by atoms with E-state index in [1.54, 1.807) is 20.0 Å². The molecule has 1 aliphatic rings. The monoisotopic (exact) mass is 438 g/mol. The zero-order chi connectivity index (χ0) is 21.8. The average molecular weight is 438 g/mol. The Morgan fingerprint density at radius 3 is 2.45 bits per heavy atom. The third-order valence-electron chi connectivity index (χ3n) is 5.04. The highest BCUT2D eigenvalue weighted by molar-refractivity contribution is 7.90. The topological polar surface area (TPSA) is 73.8 Å². The molecule has 1 saturated heterocycles. The van der Waals surface area contributed by atoms with Crippen molar-refractivity contribution in [3.05, 3.63) is 35.1 Å². The van der Waals surface area contributed by atoms with Crippen molar-refractivity contribution in [2.45, 2.75) is 38.2 Å². The number of alkyl halides is 3. The molecule has 1 unspecified atom stereocenters. The number of halogens is 4. The van der Waals surface area contributed by atoms with Crippen molar-refractivity contribution in [3.8, 4) is 0 Å². The van der Waals surface area contributed by atoms with Gasteiger partial charge in [0.05, 0.1) is 6.04 Å². The molecule has 1 aromatic carbocycles. The fraction of sp³-hybridized carbons (Fsp3) is 0.611. The summed E-state index contributed by atoms with van der Waals surface area (Å²) in [6.45, 7) is 3.65. The van der Waals surface area contributed by atoms with Crippen LogP contribution in [0.5, 0.6) is 0 Å². The zero-order valence-electron chi connectivity index (χ0n) is 16.6. The second-order valence-electron chi connectivity index (χ2n) is 7.12. The smallest absolute Gasteiger partial charge is 0.356 e. The molecule has 2 N–H and O–H groups in total. The summed E-state index contributed by atoms with van der Waals surface area (Å²) in [5.74, 6) is 0.198. The Morgan fingerprint density at radius 1 is 1.31 bits per heavy atom. The van der Waals surface area contributed by atoms with Crippen molar-refractivity contribution in [1.29, 1.82) is 0 Å². The van der Waals surface area contributed by atoms with Crippen molar-refractivity contribution in [1.82, 2.24) is 14.9 Å². The van der Waals surface area contributed by atoms with E-state index in [2.05, 4.69) is 15.6 Å². The lowest BCUT2D eigenvalue weighted by Gasteiger charge is -2.32. The lowest BCUT2D eigenvalue weighted by Crippen LogP contribution is -2.47. The minimum Gasteiger partial charge on any atom is -0.356 e. The molecule has 0 bridgehead atoms. The molecule has 11 heteroatoms. The van der Waals surface area contributed by atoms with Gasteiger partial charge in [-0.25, -0.2) is 12.8 Å². The molecule has 0 aromatic heterocycles. The molecule has 0 radical (unpaired) electrons. The van der Waals surface area contributed by atoms with Gasteiger partial charge in [0.1, 0.15) is 5.82 Å². The summed E-state index contributed by atoms with van der Waals surface area (Å²) < 4.78 is 75.1. The van der Waals surface area contributed by atoms with Crippen molar-refractivity contribution >= 4 is 16.0 Å². The van der Waals surface area contributed by atoms with E-state index in [4.69, 9.17) is 0 Å². The first-order chi connectivity index (χ1) is 13.5. The molecule has 1 atom stereocenters. The highest BCUT2D eigenvalue weighted by atomic mass is 32.2. The zero-order valence-corrected chi connectivity index (χ0v) is 17.4. The number of nitrogens with zero attached hydrogens (tertiary/aromatic N) is 2. The van der Waals surface area contributed by atoms with E-state index in [-0.39, 0.29) is 30.9 Å². The van der Waals surface area contributed by atoms with Gasteiger partial charge in [-0.15, -0.1) is 0 Å². The molecule has 164 valence electrons. The summed E-state index contributed by atoms with van der Waals surface area (Å²) in [4.78, 5) is 4.11. The maximum absolute atomic E-state index is 13.7. The van der Waals surface area contributed by atoms with Crippen molar-refractivity contribution in [2.75, 3.05) is 26.7 Å². The van der Waals surface area contributed by atoms with E-state index < -0.39 is 15.5 Å². The Bertz CT molecular complexity index is 835. The van der Waals surface area contributed by atoms with Gasteiger partial charge in [0.25, 0.3) is 0 Å². The Morgan fingerprint density at radius 2 is 1.93 bits per heavy atom. The van der Waals surface area contributed by atoms with Gasteiger partial charge < -0.3 is 10.6 Å². The Balaban J connectivity index is 1.85. The highest BCUT2D eigenvalue weighted by Crippen LogP contribution is 2.30. The van der Waals surface area contributed by atoms with Gasteiger partial charge in [-0.05, 0) is 49.8 Å². The summed E-state index contributed by atoms with van der Waals surface area (Å²) in [7, 11) is -3.69. The minimum absolute atomic E-state index is 0.0142. The number of rotatable bonds is 5. The van der Waals surface area contributed by atoms with E-state index >= 15 is 0 Å². The number of nitrogens with one attached hydrogen (secondary N) is 2. The quantitative estimate of drug-likeness (QED) is 0.421. The second kappa shape index (κ2) is 9.29. The molecule has 29 heavy (non-hydrogen) atoms. The van der Waals surface area contributed by atoms with Crippen LogP contribution in [0.3, 0.4) is 0 Å². The van der Waals surface area contributed by atoms with Gasteiger partial charge in [-0.2, -0.15) is 17.5 Å². The molecule has 1 heterocycles. The van der Waals surface area contributed by atoms with E-state index in [0.717, 1.165) is 5.56 Å². The van der Waals surface area contributed by atoms with Crippen LogP contribution in [0.25, 0.3) is 0 Å². The van der Waals surface area contributed by atoms with Gasteiger partial charge in [-0.1, -0.05) is 12.1 Å². The molecule has 1 fully saturated rings. The van der Waals surface area contributed by atoms with Crippen LogP contribution in [-0.4, -0.2) is 50.9 Å². The maximum Gasteiger partial charge on any atom is 0.511 e. The Labute approximate surface area is 168 Å². The first kappa shape index (κ1) is 23.4. The van der Waals surface area contributed by atoms with Crippen LogP contribution in [-0.2, 0) is 10.0 Å². The van der Waals surface area contributed by atoms with E-state index in [9.17, 15) is 26.0 Å². The van der Waals surface area contributed by atoms with Crippen LogP contribution in [0.4, 0.5) is 17.6 Å². The lowest BCUT2D eigenvalue weighted by molar-refractivity contribution is -0.0496. The van der Waals surface area contributed by atoms with Crippen LogP contribution < -0.4 is 10.6 Å². The molecule has 2 rings (SSSR count). The summed E-state index contributed by atoms with van der Waals surface area (Å²) >= 11 is 0. The van der Waals surface area contributed by atoms with Gasteiger partial charge in [0.2, 0.25) is 0 Å². The lowest BCUT2D eigenvalue weighted by atomic mass is 9.98. The normalized spacial score (nSPS) is 18.5. The number of benzene rings is 1. The predicted molar refractivity (Wildman–Crippen MR) is 103 cm³/mol. The first-order valence-electron chi connectivity index (χ1n) is 9.25. The maximum atomic E-state index is 13.7. The standard InChI is InChI=1S/C18H26F4N4O2S/c1-12-4-5-15(10-16(12)19)13(2)25-17(23-3)24-11-14-6-8-26(9-7-14)29(27,28)18(20,21)22/h4-5,10,13-14H,6-9,11H2,1-3H3,(H2,23,24,25). The number of guanidine groups is 1. The molecular weight excluding hydrogens is 412 g/mol. The third kappa shape index (κ3) is 5.81. The van der Waals surface area contributed by atoms with Crippen LogP contribution >= 0.6 is 0 Å². The van der Waals surface area contributed by atoms with E-state index in [1.807, 2.05) is 13.0 Å². The van der Waals surface area contributed by atoms with Gasteiger partial charge >= 0.3 is 15.5 Å². The fourth-order valence-corrected chi connectivity index (χ4v) is 4.09. The summed E-state index contributed by atoms with van der Waals surface area (Å²) in [6.07, 6.45) is 0.635. The Hall–Kier alpha value is -1.88. The molecule has 6 nitrogen and oxygen atoms in total. The number of aliphatic imine (C=N–C) groups is 1. The third-order valence-corrected chi connectivity index (χ3v) is 6.67. The Kier molecular flexibility index (Phi) is 7.50. The number of aryl methyl sites for hydroxylation is 1. The molecule has 0 aliphatic carbocycles. The second-order valence-corrected chi connectivity index (χ2v) is 9.05. The number of hydrogen-bond acceptors (Lipinski definition) is 3. The molecule has 0 saturated carbocycles. The molecule has 1 aromatic rings. The van der Waals surface area contributed by atoms with Gasteiger partial charge in [-0.3, -0.25) is 4.99 Å². The van der Waals surface area contributed by atoms with E-state index in [1.165, 1.54) is 6.07 Å². The van der Waals surface area contributed by atoms with Crippen LogP contribution in [0, 0.1) is 18.7 Å². The van der Waals surface area contributed by atoms with Crippen molar-refractivity contribution in [2.24, 2.45) is 10.9 Å². The SMILES string of the molecule is CN=C(NCC1CCN(S(=O)(=O)C(F)(F)F)CC1)NC(C)c1ccc(C)c(F)c1. The molecule has 0 amide bonds. The predicted octanol–water partition coefficient (Wildman–Crippen LogP) is 2.92. The van der Waals surface area contributed by atoms with Crippen LogP contribution in [0.1, 0.15) is 36.9 Å². The fourth-order valence-electron chi connectivity index (χ4n) is 3.10. The number of hydrogen-bond donors (Lipinski definition) is 2. The van der Waals surface area contributed by atoms with Gasteiger partial charge in [0, 0.05) is 26.7 Å². The minimum atomic E-state index is -5.27. The largest absolute Gasteiger partial charge is 0.511 e. The molecular formula is C18H26F4N4O2S. The highest BCUT2D eigenvalue weighted by Gasteiger charge is 2.50. The van der Waals surface area contributed by atoms with Gasteiger partial charge in [0.15, 0.2) is 5.96 Å². The average Bonchev–Trinajstić information content (AvgIpc) is 2.66. The van der Waals surface area contributed by atoms with Crippen molar-refractivity contribution < 1.29 is 26.0 Å². The first-order valence-corrected chi connectivity index (χ1v) is 10.7. The van der Waals surface area contributed by atoms with E-state index in [0.29, 0.717) is 35.2 Å². The van der Waals surface area contributed by atoms with Crippen molar-refractivity contribution in [3.63, 3.8) is 0 Å². The summed E-state index contributed by atoms with van der Waals surface area (Å²) in [5.41, 5.74) is -3.96. The van der Waals surface area contributed by atoms with Crippen LogP contribution in [0.2, 0.25) is 0 Å². The van der Waals surface area contributed by atoms with Crippen LogP contribution in [0.15, 0.2) is 23.2 Å². The number of sulfonamides is 1. The molecule has 0 spiro atoms. The summed E-state index contributed by atoms with van der Waals surface area (Å²) in [6, 6.07) is 4.76.